The zero-order chi connectivity index (χ0) is 38.4. The summed E-state index contributed by atoms with van der Waals surface area (Å²) < 4.78 is 6.89. The third-order valence-corrected chi connectivity index (χ3v) is 11.0. The first-order valence-corrected chi connectivity index (χ1v) is 19.6. The van der Waals surface area contributed by atoms with Crippen molar-refractivity contribution in [3.05, 3.63) is 212 Å². The van der Waals surface area contributed by atoms with Gasteiger partial charge in [0.1, 0.15) is 11.2 Å². The van der Waals surface area contributed by atoms with E-state index in [4.69, 9.17) is 14.4 Å². The van der Waals surface area contributed by atoms with E-state index in [0.717, 1.165) is 94.2 Å². The molecule has 9 aromatic carbocycles. The number of rotatable bonds is 7. The topological polar surface area (TPSA) is 42.2 Å². The van der Waals surface area contributed by atoms with E-state index in [1.165, 1.54) is 5.56 Å². The molecule has 11 rings (SSSR count). The molecule has 0 spiro atoms. The van der Waals surface area contributed by atoms with E-state index >= 15 is 0 Å². The average molecular weight is 742 g/mol. The second kappa shape index (κ2) is 14.0. The number of hydrogen-bond acceptors (Lipinski definition) is 4. The molecule has 2 heterocycles. The molecule has 0 fully saturated rings. The maximum Gasteiger partial charge on any atom is 0.164 e. The Morgan fingerprint density at radius 1 is 0.362 bits per heavy atom. The quantitative estimate of drug-likeness (QED) is 0.163. The zero-order valence-corrected chi connectivity index (χ0v) is 31.5. The highest BCUT2D eigenvalue weighted by Crippen LogP contribution is 2.44. The number of hydrogen-bond donors (Lipinski definition) is 0. The number of furan rings is 1. The molecule has 0 amide bonds. The van der Waals surface area contributed by atoms with E-state index in [-0.39, 0.29) is 0 Å². The molecule has 0 bridgehead atoms. The molecule has 0 atom stereocenters. The van der Waals surface area contributed by atoms with Gasteiger partial charge in [-0.1, -0.05) is 152 Å². The van der Waals surface area contributed by atoms with Crippen LogP contribution in [0.2, 0.25) is 0 Å². The average Bonchev–Trinajstić information content (AvgIpc) is 3.66. The Bertz CT molecular complexity index is 3270. The molecule has 0 aliphatic heterocycles. The SMILES string of the molecule is c1ccc(-c2ccc(N(c3ccccc3)c3cc(-c4nc(-c5cccc(-c6ccccc6)c5)c5ccccc5n4)c4oc5cc6ccccc6cc5c4c3)cc2)cc1. The van der Waals surface area contributed by atoms with Gasteiger partial charge >= 0.3 is 0 Å². The number of para-hydroxylation sites is 2. The van der Waals surface area contributed by atoms with E-state index < -0.39 is 0 Å². The van der Waals surface area contributed by atoms with E-state index in [2.05, 4.69) is 205 Å². The number of nitrogens with zero attached hydrogens (tertiary/aromatic N) is 3. The monoisotopic (exact) mass is 741 g/mol. The highest BCUT2D eigenvalue weighted by Gasteiger charge is 2.23. The number of anilines is 3. The maximum absolute atomic E-state index is 6.89. The lowest BCUT2D eigenvalue weighted by atomic mass is 9.99. The summed E-state index contributed by atoms with van der Waals surface area (Å²) in [5.74, 6) is 0.599. The van der Waals surface area contributed by atoms with E-state index in [0.29, 0.717) is 5.82 Å². The van der Waals surface area contributed by atoms with Gasteiger partial charge in [0.2, 0.25) is 0 Å². The Morgan fingerprint density at radius 2 is 0.948 bits per heavy atom. The van der Waals surface area contributed by atoms with Crippen LogP contribution < -0.4 is 4.90 Å². The summed E-state index contributed by atoms with van der Waals surface area (Å²) in [6, 6.07) is 74.5. The maximum atomic E-state index is 6.89. The molecule has 0 unspecified atom stereocenters. The van der Waals surface area contributed by atoms with Crippen LogP contribution in [0.15, 0.2) is 217 Å². The van der Waals surface area contributed by atoms with Gasteiger partial charge in [-0.05, 0) is 93.7 Å². The van der Waals surface area contributed by atoms with Gasteiger partial charge in [0.05, 0.1) is 16.8 Å². The Morgan fingerprint density at radius 3 is 1.71 bits per heavy atom. The number of fused-ring (bicyclic) bond motifs is 5. The molecule has 0 N–H and O–H groups in total. The van der Waals surface area contributed by atoms with Crippen LogP contribution in [0.4, 0.5) is 17.1 Å². The largest absolute Gasteiger partial charge is 0.455 e. The van der Waals surface area contributed by atoms with E-state index in [9.17, 15) is 0 Å². The van der Waals surface area contributed by atoms with Crippen molar-refractivity contribution in [1.82, 2.24) is 9.97 Å². The van der Waals surface area contributed by atoms with Gasteiger partial charge in [0, 0.05) is 38.8 Å². The predicted octanol–water partition coefficient (Wildman–Crippen LogP) is 14.8. The molecule has 4 nitrogen and oxygen atoms in total. The van der Waals surface area contributed by atoms with Gasteiger partial charge < -0.3 is 9.32 Å². The van der Waals surface area contributed by atoms with Crippen LogP contribution in [-0.4, -0.2) is 9.97 Å². The van der Waals surface area contributed by atoms with Gasteiger partial charge in [-0.3, -0.25) is 0 Å². The first-order chi connectivity index (χ1) is 28.7. The molecule has 272 valence electrons. The van der Waals surface area contributed by atoms with Crippen molar-refractivity contribution in [2.75, 3.05) is 4.90 Å². The summed E-state index contributed by atoms with van der Waals surface area (Å²) >= 11 is 0. The minimum atomic E-state index is 0.599. The molecular weight excluding hydrogens is 707 g/mol. The van der Waals surface area contributed by atoms with Crippen molar-refractivity contribution in [3.63, 3.8) is 0 Å². The Balaban J connectivity index is 1.17. The predicted molar refractivity (Wildman–Crippen MR) is 241 cm³/mol. The second-order valence-corrected chi connectivity index (χ2v) is 14.6. The van der Waals surface area contributed by atoms with E-state index in [1.807, 2.05) is 12.1 Å². The number of aromatic nitrogens is 2. The lowest BCUT2D eigenvalue weighted by Crippen LogP contribution is -2.10. The molecule has 11 aromatic rings. The molecule has 2 aromatic heterocycles. The van der Waals surface area contributed by atoms with Gasteiger partial charge in [-0.25, -0.2) is 9.97 Å². The van der Waals surface area contributed by atoms with Gasteiger partial charge in [0.25, 0.3) is 0 Å². The van der Waals surface area contributed by atoms with Gasteiger partial charge in [-0.2, -0.15) is 0 Å². The zero-order valence-electron chi connectivity index (χ0n) is 31.5. The highest BCUT2D eigenvalue weighted by atomic mass is 16.3. The minimum absolute atomic E-state index is 0.599. The van der Waals surface area contributed by atoms with Crippen LogP contribution in [0.25, 0.3) is 88.5 Å². The summed E-state index contributed by atoms with van der Waals surface area (Å²) in [7, 11) is 0. The third-order valence-electron chi connectivity index (χ3n) is 11.0. The van der Waals surface area contributed by atoms with Crippen molar-refractivity contribution in [1.29, 1.82) is 0 Å². The van der Waals surface area contributed by atoms with Crippen molar-refractivity contribution >= 4 is 60.7 Å². The van der Waals surface area contributed by atoms with Crippen LogP contribution in [0.3, 0.4) is 0 Å². The van der Waals surface area contributed by atoms with Gasteiger partial charge in [0.15, 0.2) is 5.82 Å². The van der Waals surface area contributed by atoms with Crippen molar-refractivity contribution in [3.8, 4) is 44.9 Å². The lowest BCUT2D eigenvalue weighted by Gasteiger charge is -2.26. The highest BCUT2D eigenvalue weighted by molar-refractivity contribution is 6.14. The van der Waals surface area contributed by atoms with Crippen LogP contribution in [0.1, 0.15) is 0 Å². The fourth-order valence-electron chi connectivity index (χ4n) is 8.19. The Kier molecular flexibility index (Phi) is 8.11. The van der Waals surface area contributed by atoms with Crippen molar-refractivity contribution < 1.29 is 4.42 Å². The normalized spacial score (nSPS) is 11.4. The van der Waals surface area contributed by atoms with Crippen LogP contribution in [0, 0.1) is 0 Å². The molecule has 0 saturated carbocycles. The smallest absolute Gasteiger partial charge is 0.164 e. The standard InChI is InChI=1S/C54H35N3O/c1-4-15-36(16-5-1)38-27-29-44(30-28-38)57(43-23-8-3-9-24-43)45-34-48-47-32-40-19-10-11-20-41(40)33-51(47)58-53(48)49(35-45)54-55-50-26-13-12-25-46(50)52(56-54)42-22-14-21-39(31-42)37-17-6-2-7-18-37/h1-35H. The second-order valence-electron chi connectivity index (χ2n) is 14.6. The molecule has 0 aliphatic rings. The molecule has 0 saturated heterocycles. The van der Waals surface area contributed by atoms with Gasteiger partial charge in [-0.15, -0.1) is 0 Å². The molecule has 0 radical (unpaired) electrons. The minimum Gasteiger partial charge on any atom is -0.455 e. The molecule has 58 heavy (non-hydrogen) atoms. The summed E-state index contributed by atoms with van der Waals surface area (Å²) in [4.78, 5) is 13.1. The molecule has 4 heteroatoms. The van der Waals surface area contributed by atoms with Crippen LogP contribution in [0.5, 0.6) is 0 Å². The molecule has 0 aliphatic carbocycles. The fraction of sp³-hybridized carbons (Fsp3) is 0. The van der Waals surface area contributed by atoms with Crippen LogP contribution >= 0.6 is 0 Å². The summed E-state index contributed by atoms with van der Waals surface area (Å²) in [6.45, 7) is 0. The molecular formula is C54H35N3O. The Hall–Kier alpha value is -7.82. The fourth-order valence-corrected chi connectivity index (χ4v) is 8.19. The Labute approximate surface area is 335 Å². The van der Waals surface area contributed by atoms with Crippen molar-refractivity contribution in [2.24, 2.45) is 0 Å². The van der Waals surface area contributed by atoms with E-state index in [1.54, 1.807) is 0 Å². The lowest BCUT2D eigenvalue weighted by molar-refractivity contribution is 0.670. The van der Waals surface area contributed by atoms with Crippen molar-refractivity contribution in [2.45, 2.75) is 0 Å². The summed E-state index contributed by atoms with van der Waals surface area (Å²) in [6.07, 6.45) is 0. The van der Waals surface area contributed by atoms with Crippen LogP contribution in [-0.2, 0) is 0 Å². The summed E-state index contributed by atoms with van der Waals surface area (Å²) in [5, 5.41) is 5.32. The first kappa shape index (κ1) is 33.5. The first-order valence-electron chi connectivity index (χ1n) is 19.6. The summed E-state index contributed by atoms with van der Waals surface area (Å²) in [5.41, 5.74) is 12.8. The third kappa shape index (κ3) is 5.96. The number of benzene rings is 9.